The van der Waals surface area contributed by atoms with Crippen LogP contribution in [-0.2, 0) is 14.8 Å². The summed E-state index contributed by atoms with van der Waals surface area (Å²) in [5, 5.41) is 2.78. The van der Waals surface area contributed by atoms with Gasteiger partial charge < -0.3 is 10.1 Å². The summed E-state index contributed by atoms with van der Waals surface area (Å²) < 4.78 is 30.7. The van der Waals surface area contributed by atoms with Gasteiger partial charge in [-0.3, -0.25) is 9.10 Å². The van der Waals surface area contributed by atoms with Crippen molar-refractivity contribution in [1.29, 1.82) is 0 Å². The summed E-state index contributed by atoms with van der Waals surface area (Å²) in [6.07, 6.45) is 0.787. The van der Waals surface area contributed by atoms with Crippen LogP contribution in [0.5, 0.6) is 5.75 Å². The van der Waals surface area contributed by atoms with Crippen molar-refractivity contribution in [3.05, 3.63) is 24.3 Å². The second kappa shape index (κ2) is 8.03. The lowest BCUT2D eigenvalue weighted by molar-refractivity contribution is -0.120. The van der Waals surface area contributed by atoms with Crippen LogP contribution in [0.25, 0.3) is 0 Å². The van der Waals surface area contributed by atoms with Gasteiger partial charge in [0.05, 0.1) is 18.6 Å². The summed E-state index contributed by atoms with van der Waals surface area (Å²) in [6.45, 7) is 5.16. The molecule has 6 nitrogen and oxygen atoms in total. The van der Waals surface area contributed by atoms with Crippen molar-refractivity contribution in [2.75, 3.05) is 23.7 Å². The second-order valence-electron chi connectivity index (χ2n) is 4.98. The summed E-state index contributed by atoms with van der Waals surface area (Å²) in [5.41, 5.74) is 0.446. The smallest absolute Gasteiger partial charge is 0.240 e. The zero-order valence-electron chi connectivity index (χ0n) is 13.5. The maximum atomic E-state index is 12.3. The number of rotatable bonds is 8. The predicted octanol–water partition coefficient (Wildman–Crippen LogP) is 1.77. The lowest BCUT2D eigenvalue weighted by Crippen LogP contribution is -2.44. The van der Waals surface area contributed by atoms with Gasteiger partial charge in [0.25, 0.3) is 0 Å². The van der Waals surface area contributed by atoms with E-state index >= 15 is 0 Å². The molecule has 0 aliphatic heterocycles. The van der Waals surface area contributed by atoms with Crippen LogP contribution in [0.2, 0.25) is 0 Å². The number of hydrogen-bond donors (Lipinski definition) is 1. The first-order valence-electron chi connectivity index (χ1n) is 7.27. The first-order valence-corrected chi connectivity index (χ1v) is 8.88. The Morgan fingerprint density at radius 1 is 1.27 bits per heavy atom. The molecule has 0 unspecified atom stereocenters. The molecule has 22 heavy (non-hydrogen) atoms. The molecule has 0 saturated carbocycles. The van der Waals surface area contributed by atoms with Gasteiger partial charge in [0.15, 0.2) is 0 Å². The zero-order chi connectivity index (χ0) is 16.8. The Morgan fingerprint density at radius 3 is 2.32 bits per heavy atom. The minimum Gasteiger partial charge on any atom is -0.497 e. The van der Waals surface area contributed by atoms with Gasteiger partial charge in [0.2, 0.25) is 15.9 Å². The normalized spacial score (nSPS) is 12.5. The molecule has 0 bridgehead atoms. The fourth-order valence-corrected chi connectivity index (χ4v) is 2.88. The van der Waals surface area contributed by atoms with E-state index in [1.807, 2.05) is 13.8 Å². The van der Waals surface area contributed by atoms with Gasteiger partial charge in [-0.2, -0.15) is 0 Å². The highest BCUT2D eigenvalue weighted by atomic mass is 32.2. The molecule has 1 aromatic carbocycles. The summed E-state index contributed by atoms with van der Waals surface area (Å²) in [5.74, 6) is 0.235. The Labute approximate surface area is 132 Å². The van der Waals surface area contributed by atoms with Gasteiger partial charge in [-0.1, -0.05) is 6.92 Å². The minimum absolute atomic E-state index is 0.00884. The van der Waals surface area contributed by atoms with E-state index in [0.717, 1.165) is 10.7 Å². The van der Waals surface area contributed by atoms with Crippen LogP contribution in [0.15, 0.2) is 24.3 Å². The number of benzene rings is 1. The molecule has 7 heteroatoms. The highest BCUT2D eigenvalue weighted by Gasteiger charge is 2.23. The molecule has 1 aromatic rings. The summed E-state index contributed by atoms with van der Waals surface area (Å²) in [4.78, 5) is 12.0. The topological polar surface area (TPSA) is 75.7 Å². The number of carbonyl (C=O) groups excluding carboxylic acids is 1. The number of hydrogen-bond acceptors (Lipinski definition) is 4. The highest BCUT2D eigenvalue weighted by molar-refractivity contribution is 7.92. The van der Waals surface area contributed by atoms with E-state index in [0.29, 0.717) is 11.4 Å². The third-order valence-corrected chi connectivity index (χ3v) is 5.11. The van der Waals surface area contributed by atoms with E-state index in [2.05, 4.69) is 5.32 Å². The lowest BCUT2D eigenvalue weighted by Gasteiger charge is -2.24. The van der Waals surface area contributed by atoms with Crippen molar-refractivity contribution in [3.8, 4) is 5.75 Å². The lowest BCUT2D eigenvalue weighted by atomic mass is 10.2. The first-order chi connectivity index (χ1) is 10.3. The van der Waals surface area contributed by atoms with Gasteiger partial charge in [-0.05, 0) is 44.5 Å². The Balaban J connectivity index is 3.01. The first kappa shape index (κ1) is 18.3. The number of nitrogens with one attached hydrogen (secondary N) is 1. The van der Waals surface area contributed by atoms with Gasteiger partial charge in [-0.15, -0.1) is 0 Å². The molecule has 1 amide bonds. The van der Waals surface area contributed by atoms with E-state index in [1.165, 1.54) is 7.11 Å². The number of amides is 1. The van der Waals surface area contributed by atoms with Crippen LogP contribution in [0.4, 0.5) is 5.69 Å². The van der Waals surface area contributed by atoms with Crippen LogP contribution in [0.3, 0.4) is 0 Å². The minimum atomic E-state index is -3.54. The van der Waals surface area contributed by atoms with E-state index < -0.39 is 10.0 Å². The molecular weight excluding hydrogens is 304 g/mol. The quantitative estimate of drug-likeness (QED) is 0.789. The third-order valence-electron chi connectivity index (χ3n) is 3.37. The van der Waals surface area contributed by atoms with Crippen molar-refractivity contribution in [3.63, 3.8) is 0 Å². The number of nitrogens with zero attached hydrogens (tertiary/aromatic N) is 1. The zero-order valence-corrected chi connectivity index (χ0v) is 14.3. The Hall–Kier alpha value is -1.76. The average Bonchev–Trinajstić information content (AvgIpc) is 2.52. The van der Waals surface area contributed by atoms with Crippen LogP contribution in [0.1, 0.15) is 27.2 Å². The SMILES string of the molecule is CC[C@@H](C)NC(=O)CN(c1ccc(OC)cc1)S(=O)(=O)CC. The van der Waals surface area contributed by atoms with Crippen molar-refractivity contribution in [2.45, 2.75) is 33.2 Å². The van der Waals surface area contributed by atoms with Crippen LogP contribution < -0.4 is 14.4 Å². The van der Waals surface area contributed by atoms with E-state index in [4.69, 9.17) is 4.74 Å². The molecule has 124 valence electrons. The van der Waals surface area contributed by atoms with Crippen LogP contribution >= 0.6 is 0 Å². The number of methoxy groups -OCH3 is 1. The molecule has 1 atom stereocenters. The molecule has 0 fully saturated rings. The second-order valence-corrected chi connectivity index (χ2v) is 7.16. The predicted molar refractivity (Wildman–Crippen MR) is 87.7 cm³/mol. The van der Waals surface area contributed by atoms with Crippen LogP contribution in [-0.4, -0.2) is 39.8 Å². The molecule has 0 heterocycles. The molecule has 1 N–H and O–H groups in total. The van der Waals surface area contributed by atoms with Gasteiger partial charge in [-0.25, -0.2) is 8.42 Å². The maximum Gasteiger partial charge on any atom is 0.240 e. The highest BCUT2D eigenvalue weighted by Crippen LogP contribution is 2.21. The Bertz CT molecular complexity index is 584. The summed E-state index contributed by atoms with van der Waals surface area (Å²) in [6, 6.07) is 6.60. The van der Waals surface area contributed by atoms with Gasteiger partial charge in [0.1, 0.15) is 12.3 Å². The van der Waals surface area contributed by atoms with E-state index in [-0.39, 0.29) is 24.2 Å². The molecule has 1 rings (SSSR count). The monoisotopic (exact) mass is 328 g/mol. The molecule has 0 aliphatic rings. The standard InChI is InChI=1S/C15H24N2O4S/c1-5-12(3)16-15(18)11-17(22(19,20)6-2)13-7-9-14(21-4)10-8-13/h7-10,12H,5-6,11H2,1-4H3,(H,16,18)/t12-/m1/s1. The summed E-state index contributed by atoms with van der Waals surface area (Å²) in [7, 11) is -2.00. The third kappa shape index (κ3) is 4.91. The van der Waals surface area contributed by atoms with E-state index in [1.54, 1.807) is 31.2 Å². The summed E-state index contributed by atoms with van der Waals surface area (Å²) >= 11 is 0. The molecule has 0 saturated heterocycles. The van der Waals surface area contributed by atoms with Gasteiger partial charge in [0, 0.05) is 6.04 Å². The van der Waals surface area contributed by atoms with Crippen molar-refractivity contribution in [1.82, 2.24) is 5.32 Å². The fraction of sp³-hybridized carbons (Fsp3) is 0.533. The molecular formula is C15H24N2O4S. The van der Waals surface area contributed by atoms with E-state index in [9.17, 15) is 13.2 Å². The van der Waals surface area contributed by atoms with Crippen molar-refractivity contribution < 1.29 is 17.9 Å². The van der Waals surface area contributed by atoms with Crippen molar-refractivity contribution >= 4 is 21.6 Å². The fourth-order valence-electron chi connectivity index (χ4n) is 1.81. The average molecular weight is 328 g/mol. The Morgan fingerprint density at radius 2 is 1.86 bits per heavy atom. The molecule has 0 spiro atoms. The van der Waals surface area contributed by atoms with Crippen molar-refractivity contribution in [2.24, 2.45) is 0 Å². The number of anilines is 1. The largest absolute Gasteiger partial charge is 0.497 e. The molecule has 0 aliphatic carbocycles. The number of carbonyl (C=O) groups is 1. The Kier molecular flexibility index (Phi) is 6.67. The molecule has 0 aromatic heterocycles. The number of sulfonamides is 1. The van der Waals surface area contributed by atoms with Crippen LogP contribution in [0, 0.1) is 0 Å². The van der Waals surface area contributed by atoms with Gasteiger partial charge >= 0.3 is 0 Å². The molecule has 0 radical (unpaired) electrons. The number of ether oxygens (including phenoxy) is 1. The maximum absolute atomic E-state index is 12.3.